The van der Waals surface area contributed by atoms with Gasteiger partial charge >= 0.3 is 0 Å². The number of rotatable bonds is 6. The van der Waals surface area contributed by atoms with Gasteiger partial charge < -0.3 is 4.74 Å². The average molecular weight is 447 g/mol. The minimum absolute atomic E-state index is 0.230. The van der Waals surface area contributed by atoms with Crippen LogP contribution < -0.4 is 15.6 Å². The van der Waals surface area contributed by atoms with Crippen LogP contribution in [0.4, 0.5) is 0 Å². The fraction of sp³-hybridized carbons (Fsp3) is 0.385. The van der Waals surface area contributed by atoms with Crippen molar-refractivity contribution in [3.63, 3.8) is 0 Å². The summed E-state index contributed by atoms with van der Waals surface area (Å²) in [6.07, 6.45) is 10.9. The van der Waals surface area contributed by atoms with E-state index in [4.69, 9.17) is 4.74 Å². The minimum Gasteiger partial charge on any atom is -0.457 e. The van der Waals surface area contributed by atoms with Gasteiger partial charge in [0.25, 0.3) is 11.8 Å². The largest absolute Gasteiger partial charge is 0.457 e. The summed E-state index contributed by atoms with van der Waals surface area (Å²) in [5.41, 5.74) is 8.46. The van der Waals surface area contributed by atoms with E-state index in [-0.39, 0.29) is 11.8 Å². The van der Waals surface area contributed by atoms with Crippen LogP contribution >= 0.6 is 0 Å². The molecular weight excluding hydrogens is 416 g/mol. The molecule has 2 saturated carbocycles. The molecule has 172 valence electrons. The molecule has 2 amide bonds. The highest BCUT2D eigenvalue weighted by molar-refractivity contribution is 5.96. The second kappa shape index (κ2) is 11.4. The molecule has 0 unspecified atom stereocenters. The number of nitrogens with zero attached hydrogens (tertiary/aromatic N) is 2. The molecule has 0 spiro atoms. The number of benzene rings is 2. The molecule has 2 aliphatic rings. The molecule has 2 aromatic carbocycles. The van der Waals surface area contributed by atoms with Gasteiger partial charge in [0.15, 0.2) is 0 Å². The highest BCUT2D eigenvalue weighted by Crippen LogP contribution is 2.22. The second-order valence-electron chi connectivity index (χ2n) is 8.51. The summed E-state index contributed by atoms with van der Waals surface area (Å²) in [4.78, 5) is 24.6. The lowest BCUT2D eigenvalue weighted by Gasteiger charge is -2.12. The number of nitrogens with one attached hydrogen (secondary N) is 2. The van der Waals surface area contributed by atoms with Crippen LogP contribution in [0, 0.1) is 0 Å². The Kier molecular flexibility index (Phi) is 7.85. The van der Waals surface area contributed by atoms with Crippen LogP contribution in [-0.2, 0) is 0 Å². The van der Waals surface area contributed by atoms with E-state index in [1.807, 2.05) is 0 Å². The van der Waals surface area contributed by atoms with Crippen molar-refractivity contribution in [3.8, 4) is 11.5 Å². The van der Waals surface area contributed by atoms with Gasteiger partial charge in [-0.15, -0.1) is 0 Å². The number of carbonyl (C=O) groups excluding carboxylic acids is 2. The maximum absolute atomic E-state index is 12.3. The summed E-state index contributed by atoms with van der Waals surface area (Å²) >= 11 is 0. The molecule has 2 N–H and O–H groups in total. The van der Waals surface area contributed by atoms with Gasteiger partial charge in [0.2, 0.25) is 0 Å². The van der Waals surface area contributed by atoms with Crippen molar-refractivity contribution in [3.05, 3.63) is 59.7 Å². The zero-order valence-corrected chi connectivity index (χ0v) is 18.8. The first-order valence-corrected chi connectivity index (χ1v) is 11.8. The molecule has 2 aromatic rings. The fourth-order valence-electron chi connectivity index (χ4n) is 4.02. The van der Waals surface area contributed by atoms with Gasteiger partial charge in [-0.3, -0.25) is 9.59 Å². The second-order valence-corrected chi connectivity index (χ2v) is 8.51. The third-order valence-electron chi connectivity index (χ3n) is 5.96. The topological polar surface area (TPSA) is 92.1 Å². The summed E-state index contributed by atoms with van der Waals surface area (Å²) in [6.45, 7) is 0. The third kappa shape index (κ3) is 6.75. The van der Waals surface area contributed by atoms with Gasteiger partial charge in [0.1, 0.15) is 11.5 Å². The first kappa shape index (κ1) is 22.7. The van der Waals surface area contributed by atoms with E-state index in [9.17, 15) is 9.59 Å². The van der Waals surface area contributed by atoms with Gasteiger partial charge in [0, 0.05) is 22.6 Å². The quantitative estimate of drug-likeness (QED) is 0.568. The number of hydrogen-bond acceptors (Lipinski definition) is 5. The fourth-order valence-corrected chi connectivity index (χ4v) is 4.02. The van der Waals surface area contributed by atoms with E-state index in [1.54, 1.807) is 48.5 Å². The Labute approximate surface area is 194 Å². The van der Waals surface area contributed by atoms with E-state index in [0.29, 0.717) is 22.6 Å². The predicted molar refractivity (Wildman–Crippen MR) is 129 cm³/mol. The summed E-state index contributed by atoms with van der Waals surface area (Å²) < 4.78 is 5.84. The Morgan fingerprint density at radius 1 is 0.576 bits per heavy atom. The summed E-state index contributed by atoms with van der Waals surface area (Å²) in [7, 11) is 0. The van der Waals surface area contributed by atoms with Gasteiger partial charge in [-0.05, 0) is 99.9 Å². The molecule has 0 atom stereocenters. The van der Waals surface area contributed by atoms with E-state index in [2.05, 4.69) is 21.1 Å². The van der Waals surface area contributed by atoms with Crippen molar-refractivity contribution >= 4 is 23.2 Å². The molecule has 2 aliphatic carbocycles. The van der Waals surface area contributed by atoms with Crippen molar-refractivity contribution < 1.29 is 14.3 Å². The van der Waals surface area contributed by atoms with Crippen LogP contribution in [0.2, 0.25) is 0 Å². The number of hydrogen-bond donors (Lipinski definition) is 2. The summed E-state index contributed by atoms with van der Waals surface area (Å²) in [5, 5.41) is 8.51. The standard InChI is InChI=1S/C26H30N4O3/c31-25(29-27-21-7-3-1-4-8-21)19-11-15-23(16-12-19)33-24-17-13-20(14-18-24)26(32)30-28-22-9-5-2-6-10-22/h11-18H,1-10H2,(H,29,31)(H,30,32). The average Bonchev–Trinajstić information content (AvgIpc) is 2.88. The monoisotopic (exact) mass is 446 g/mol. The lowest BCUT2D eigenvalue weighted by molar-refractivity contribution is 0.0946. The van der Waals surface area contributed by atoms with Gasteiger partial charge in [-0.1, -0.05) is 12.8 Å². The summed E-state index contributed by atoms with van der Waals surface area (Å²) in [6, 6.07) is 13.8. The van der Waals surface area contributed by atoms with Crippen LogP contribution in [0.1, 0.15) is 84.9 Å². The molecule has 33 heavy (non-hydrogen) atoms. The molecule has 0 aliphatic heterocycles. The highest BCUT2D eigenvalue weighted by atomic mass is 16.5. The molecule has 2 fully saturated rings. The Morgan fingerprint density at radius 3 is 1.30 bits per heavy atom. The maximum atomic E-state index is 12.3. The highest BCUT2D eigenvalue weighted by Gasteiger charge is 2.11. The Hall–Kier alpha value is -3.48. The normalized spacial score (nSPS) is 16.0. The summed E-state index contributed by atoms with van der Waals surface area (Å²) in [5.74, 6) is 0.746. The SMILES string of the molecule is O=C(NN=C1CCCCC1)c1ccc(Oc2ccc(C(=O)NN=C3CCCCC3)cc2)cc1. The zero-order chi connectivity index (χ0) is 22.9. The lowest BCUT2D eigenvalue weighted by atomic mass is 9.99. The molecule has 0 aromatic heterocycles. The first-order valence-electron chi connectivity index (χ1n) is 11.8. The molecule has 4 rings (SSSR count). The lowest BCUT2D eigenvalue weighted by Crippen LogP contribution is -2.20. The first-order chi connectivity index (χ1) is 16.2. The Balaban J connectivity index is 1.28. The minimum atomic E-state index is -0.230. The molecule has 0 saturated heterocycles. The van der Waals surface area contributed by atoms with Gasteiger partial charge in [0.05, 0.1) is 0 Å². The number of carbonyl (C=O) groups is 2. The predicted octanol–water partition coefficient (Wildman–Crippen LogP) is 5.58. The molecule has 7 nitrogen and oxygen atoms in total. The van der Waals surface area contributed by atoms with Gasteiger partial charge in [-0.2, -0.15) is 10.2 Å². The van der Waals surface area contributed by atoms with Crippen molar-refractivity contribution in [2.45, 2.75) is 64.2 Å². The number of hydrazone groups is 2. The number of ether oxygens (including phenoxy) is 1. The molecule has 0 bridgehead atoms. The molecular formula is C26H30N4O3. The van der Waals surface area contributed by atoms with E-state index < -0.39 is 0 Å². The number of amides is 2. The Bertz CT molecular complexity index is 927. The smallest absolute Gasteiger partial charge is 0.271 e. The van der Waals surface area contributed by atoms with Crippen molar-refractivity contribution in [2.24, 2.45) is 10.2 Å². The molecule has 0 heterocycles. The molecule has 0 radical (unpaired) electrons. The van der Waals surface area contributed by atoms with Crippen LogP contribution in [0.25, 0.3) is 0 Å². The zero-order valence-electron chi connectivity index (χ0n) is 18.8. The van der Waals surface area contributed by atoms with Crippen LogP contribution in [0.3, 0.4) is 0 Å². The van der Waals surface area contributed by atoms with Crippen LogP contribution in [0.5, 0.6) is 11.5 Å². The van der Waals surface area contributed by atoms with Gasteiger partial charge in [-0.25, -0.2) is 10.9 Å². The van der Waals surface area contributed by atoms with Crippen molar-refractivity contribution in [2.75, 3.05) is 0 Å². The Morgan fingerprint density at radius 2 is 0.939 bits per heavy atom. The van der Waals surface area contributed by atoms with E-state index in [0.717, 1.165) is 62.8 Å². The van der Waals surface area contributed by atoms with Crippen molar-refractivity contribution in [1.82, 2.24) is 10.9 Å². The van der Waals surface area contributed by atoms with E-state index >= 15 is 0 Å². The van der Waals surface area contributed by atoms with Crippen LogP contribution in [0.15, 0.2) is 58.7 Å². The third-order valence-corrected chi connectivity index (χ3v) is 5.96. The van der Waals surface area contributed by atoms with E-state index in [1.165, 1.54) is 12.8 Å². The van der Waals surface area contributed by atoms with Crippen molar-refractivity contribution in [1.29, 1.82) is 0 Å². The van der Waals surface area contributed by atoms with Crippen LogP contribution in [-0.4, -0.2) is 23.2 Å². The maximum Gasteiger partial charge on any atom is 0.271 e. The molecule has 7 heteroatoms.